The molecule has 98 valence electrons. The standard InChI is InChI=1S/C15H21NO2/c1-12-5-4-8-16(10-12)15(17)14-7-3-6-13(9-14)11-18-2/h3,6-7,9,12H,4-5,8,10-11H2,1-2H3. The number of nitrogens with zero attached hydrogens (tertiary/aromatic N) is 1. The zero-order valence-corrected chi connectivity index (χ0v) is 11.2. The summed E-state index contributed by atoms with van der Waals surface area (Å²) in [5.74, 6) is 0.768. The molecule has 1 aromatic rings. The molecular weight excluding hydrogens is 226 g/mol. The monoisotopic (exact) mass is 247 g/mol. The number of amides is 1. The molecule has 0 aromatic heterocycles. The summed E-state index contributed by atoms with van der Waals surface area (Å²) in [5.41, 5.74) is 1.83. The van der Waals surface area contributed by atoms with Crippen LogP contribution < -0.4 is 0 Å². The van der Waals surface area contributed by atoms with Gasteiger partial charge in [0.25, 0.3) is 5.91 Å². The Kier molecular flexibility index (Phi) is 4.37. The van der Waals surface area contributed by atoms with E-state index in [4.69, 9.17) is 4.74 Å². The maximum Gasteiger partial charge on any atom is 0.253 e. The molecule has 18 heavy (non-hydrogen) atoms. The molecule has 0 radical (unpaired) electrons. The fourth-order valence-electron chi connectivity index (χ4n) is 2.52. The first-order valence-corrected chi connectivity index (χ1v) is 6.58. The van der Waals surface area contributed by atoms with E-state index in [0.717, 1.165) is 30.6 Å². The molecule has 1 fully saturated rings. The molecule has 1 aliphatic rings. The van der Waals surface area contributed by atoms with Crippen LogP contribution in [0.3, 0.4) is 0 Å². The van der Waals surface area contributed by atoms with E-state index in [1.54, 1.807) is 7.11 Å². The Hall–Kier alpha value is -1.35. The van der Waals surface area contributed by atoms with Crippen molar-refractivity contribution in [2.45, 2.75) is 26.4 Å². The highest BCUT2D eigenvalue weighted by atomic mass is 16.5. The summed E-state index contributed by atoms with van der Waals surface area (Å²) < 4.78 is 5.10. The highest BCUT2D eigenvalue weighted by Gasteiger charge is 2.21. The molecular formula is C15H21NO2. The minimum atomic E-state index is 0.152. The van der Waals surface area contributed by atoms with E-state index < -0.39 is 0 Å². The van der Waals surface area contributed by atoms with E-state index in [-0.39, 0.29) is 5.91 Å². The van der Waals surface area contributed by atoms with Crippen molar-refractivity contribution in [3.05, 3.63) is 35.4 Å². The summed E-state index contributed by atoms with van der Waals surface area (Å²) in [5, 5.41) is 0. The highest BCUT2D eigenvalue weighted by molar-refractivity contribution is 5.94. The van der Waals surface area contributed by atoms with Crippen LogP contribution in [0.4, 0.5) is 0 Å². The first-order valence-electron chi connectivity index (χ1n) is 6.58. The summed E-state index contributed by atoms with van der Waals surface area (Å²) >= 11 is 0. The molecule has 3 nitrogen and oxygen atoms in total. The lowest BCUT2D eigenvalue weighted by Crippen LogP contribution is -2.39. The van der Waals surface area contributed by atoms with Crippen LogP contribution in [0.1, 0.15) is 35.7 Å². The Labute approximate surface area is 109 Å². The number of ether oxygens (including phenoxy) is 1. The molecule has 1 aliphatic heterocycles. The fraction of sp³-hybridized carbons (Fsp3) is 0.533. The van der Waals surface area contributed by atoms with Crippen molar-refractivity contribution in [1.29, 1.82) is 0 Å². The number of methoxy groups -OCH3 is 1. The maximum atomic E-state index is 12.4. The van der Waals surface area contributed by atoms with Gasteiger partial charge in [0, 0.05) is 25.8 Å². The molecule has 2 rings (SSSR count). The molecule has 0 N–H and O–H groups in total. The third kappa shape index (κ3) is 3.10. The Morgan fingerprint density at radius 1 is 1.50 bits per heavy atom. The molecule has 1 atom stereocenters. The first kappa shape index (κ1) is 13.1. The number of benzene rings is 1. The Morgan fingerprint density at radius 2 is 2.33 bits per heavy atom. The third-order valence-electron chi connectivity index (χ3n) is 3.43. The fourth-order valence-corrected chi connectivity index (χ4v) is 2.52. The van der Waals surface area contributed by atoms with Crippen molar-refractivity contribution in [3.8, 4) is 0 Å². The van der Waals surface area contributed by atoms with E-state index in [2.05, 4.69) is 6.92 Å². The quantitative estimate of drug-likeness (QED) is 0.822. The van der Waals surface area contributed by atoms with Crippen molar-refractivity contribution < 1.29 is 9.53 Å². The van der Waals surface area contributed by atoms with Gasteiger partial charge in [0.05, 0.1) is 6.61 Å². The van der Waals surface area contributed by atoms with Crippen LogP contribution in [0, 0.1) is 5.92 Å². The number of hydrogen-bond acceptors (Lipinski definition) is 2. The van der Waals surface area contributed by atoms with Crippen molar-refractivity contribution >= 4 is 5.91 Å². The van der Waals surface area contributed by atoms with E-state index >= 15 is 0 Å². The van der Waals surface area contributed by atoms with Gasteiger partial charge in [-0.1, -0.05) is 19.1 Å². The van der Waals surface area contributed by atoms with Crippen LogP contribution in [0.5, 0.6) is 0 Å². The molecule has 1 amide bonds. The van der Waals surface area contributed by atoms with Gasteiger partial charge in [0.1, 0.15) is 0 Å². The number of carbonyl (C=O) groups excluding carboxylic acids is 1. The highest BCUT2D eigenvalue weighted by Crippen LogP contribution is 2.18. The molecule has 1 unspecified atom stereocenters. The number of piperidine rings is 1. The van der Waals surface area contributed by atoms with E-state index in [1.165, 1.54) is 6.42 Å². The van der Waals surface area contributed by atoms with Crippen molar-refractivity contribution in [3.63, 3.8) is 0 Å². The largest absolute Gasteiger partial charge is 0.380 e. The zero-order chi connectivity index (χ0) is 13.0. The molecule has 0 aliphatic carbocycles. The average molecular weight is 247 g/mol. The van der Waals surface area contributed by atoms with Gasteiger partial charge in [-0.2, -0.15) is 0 Å². The molecule has 0 bridgehead atoms. The van der Waals surface area contributed by atoms with Gasteiger partial charge in [0.2, 0.25) is 0 Å². The van der Waals surface area contributed by atoms with Gasteiger partial charge < -0.3 is 9.64 Å². The molecule has 0 spiro atoms. The van der Waals surface area contributed by atoms with Gasteiger partial charge in [0.15, 0.2) is 0 Å². The molecule has 1 saturated heterocycles. The first-order chi connectivity index (χ1) is 8.70. The minimum Gasteiger partial charge on any atom is -0.380 e. The summed E-state index contributed by atoms with van der Waals surface area (Å²) in [6, 6.07) is 7.74. The smallest absolute Gasteiger partial charge is 0.253 e. The van der Waals surface area contributed by atoms with Gasteiger partial charge >= 0.3 is 0 Å². The number of rotatable bonds is 3. The molecule has 0 saturated carbocycles. The molecule has 1 heterocycles. The van der Waals surface area contributed by atoms with E-state index in [0.29, 0.717) is 12.5 Å². The normalized spacial score (nSPS) is 19.9. The van der Waals surface area contributed by atoms with Gasteiger partial charge in [-0.15, -0.1) is 0 Å². The van der Waals surface area contributed by atoms with Gasteiger partial charge in [-0.3, -0.25) is 4.79 Å². The number of hydrogen-bond donors (Lipinski definition) is 0. The summed E-state index contributed by atoms with van der Waals surface area (Å²) in [4.78, 5) is 14.4. The van der Waals surface area contributed by atoms with Crippen LogP contribution in [-0.2, 0) is 11.3 Å². The predicted octanol–water partition coefficient (Wildman–Crippen LogP) is 2.71. The van der Waals surface area contributed by atoms with Crippen molar-refractivity contribution in [1.82, 2.24) is 4.90 Å². The number of likely N-dealkylation sites (tertiary alicyclic amines) is 1. The lowest BCUT2D eigenvalue weighted by Gasteiger charge is -2.31. The SMILES string of the molecule is COCc1cccc(C(=O)N2CCCC(C)C2)c1. The second kappa shape index (κ2) is 6.01. The number of carbonyl (C=O) groups is 1. The Morgan fingerprint density at radius 3 is 3.06 bits per heavy atom. The second-order valence-electron chi connectivity index (χ2n) is 5.13. The van der Waals surface area contributed by atoms with Crippen LogP contribution >= 0.6 is 0 Å². The van der Waals surface area contributed by atoms with E-state index in [9.17, 15) is 4.79 Å². The van der Waals surface area contributed by atoms with Crippen molar-refractivity contribution in [2.24, 2.45) is 5.92 Å². The van der Waals surface area contributed by atoms with Crippen LogP contribution in [0.2, 0.25) is 0 Å². The third-order valence-corrected chi connectivity index (χ3v) is 3.43. The second-order valence-corrected chi connectivity index (χ2v) is 5.13. The zero-order valence-electron chi connectivity index (χ0n) is 11.2. The molecule has 1 aromatic carbocycles. The lowest BCUT2D eigenvalue weighted by molar-refractivity contribution is 0.0682. The summed E-state index contributed by atoms with van der Waals surface area (Å²) in [6.45, 7) is 4.53. The van der Waals surface area contributed by atoms with Crippen LogP contribution in [0.15, 0.2) is 24.3 Å². The van der Waals surface area contributed by atoms with Crippen molar-refractivity contribution in [2.75, 3.05) is 20.2 Å². The van der Waals surface area contributed by atoms with Crippen LogP contribution in [-0.4, -0.2) is 31.0 Å². The summed E-state index contributed by atoms with van der Waals surface area (Å²) in [7, 11) is 1.67. The van der Waals surface area contributed by atoms with E-state index in [1.807, 2.05) is 29.2 Å². The summed E-state index contributed by atoms with van der Waals surface area (Å²) in [6.07, 6.45) is 2.35. The minimum absolute atomic E-state index is 0.152. The van der Waals surface area contributed by atoms with Gasteiger partial charge in [-0.25, -0.2) is 0 Å². The average Bonchev–Trinajstić information content (AvgIpc) is 2.39. The molecule has 3 heteroatoms. The van der Waals surface area contributed by atoms with Crippen LogP contribution in [0.25, 0.3) is 0 Å². The topological polar surface area (TPSA) is 29.5 Å². The Balaban J connectivity index is 2.10. The Bertz CT molecular complexity index is 417. The predicted molar refractivity (Wildman–Crippen MR) is 71.5 cm³/mol. The van der Waals surface area contributed by atoms with Gasteiger partial charge in [-0.05, 0) is 36.5 Å². The lowest BCUT2D eigenvalue weighted by atomic mass is 9.99. The maximum absolute atomic E-state index is 12.4.